The molecule has 4 nitrogen and oxygen atoms in total. The van der Waals surface area contributed by atoms with Gasteiger partial charge in [0.1, 0.15) is 0 Å². The van der Waals surface area contributed by atoms with E-state index in [2.05, 4.69) is 0 Å². The van der Waals surface area contributed by atoms with E-state index in [-0.39, 0.29) is 17.3 Å². The SMILES string of the molecule is Cl.NC1(c2cc(Cl)ccc2S(=O)(=O)O)CC1. The Labute approximate surface area is 105 Å². The Balaban J connectivity index is 0.00000128. The number of benzene rings is 1. The number of nitrogens with two attached hydrogens (primary N) is 1. The van der Waals surface area contributed by atoms with Crippen LogP contribution in [-0.4, -0.2) is 13.0 Å². The van der Waals surface area contributed by atoms with Crippen molar-refractivity contribution < 1.29 is 13.0 Å². The van der Waals surface area contributed by atoms with Crippen LogP contribution in [-0.2, 0) is 15.7 Å². The Morgan fingerprint density at radius 1 is 1.38 bits per heavy atom. The average Bonchev–Trinajstić information content (AvgIpc) is 2.83. The summed E-state index contributed by atoms with van der Waals surface area (Å²) in [4.78, 5) is -0.146. The van der Waals surface area contributed by atoms with Gasteiger partial charge in [-0.05, 0) is 36.6 Å². The maximum absolute atomic E-state index is 11.1. The third kappa shape index (κ3) is 2.49. The smallest absolute Gasteiger partial charge is 0.294 e. The zero-order valence-corrected chi connectivity index (χ0v) is 10.6. The van der Waals surface area contributed by atoms with Gasteiger partial charge in [0, 0.05) is 10.6 Å². The molecule has 0 amide bonds. The monoisotopic (exact) mass is 283 g/mol. The van der Waals surface area contributed by atoms with E-state index in [1.807, 2.05) is 0 Å². The van der Waals surface area contributed by atoms with Crippen molar-refractivity contribution in [1.82, 2.24) is 0 Å². The topological polar surface area (TPSA) is 80.4 Å². The second-order valence-corrected chi connectivity index (χ2v) is 5.60. The van der Waals surface area contributed by atoms with Crippen LogP contribution in [0.2, 0.25) is 5.02 Å². The lowest BCUT2D eigenvalue weighted by molar-refractivity contribution is 0.480. The van der Waals surface area contributed by atoms with E-state index in [9.17, 15) is 8.42 Å². The van der Waals surface area contributed by atoms with Gasteiger partial charge < -0.3 is 5.73 Å². The highest BCUT2D eigenvalue weighted by Crippen LogP contribution is 2.45. The van der Waals surface area contributed by atoms with Crippen molar-refractivity contribution in [2.45, 2.75) is 23.3 Å². The summed E-state index contributed by atoms with van der Waals surface area (Å²) in [5.41, 5.74) is 5.66. The van der Waals surface area contributed by atoms with Crippen LogP contribution in [0.5, 0.6) is 0 Å². The summed E-state index contributed by atoms with van der Waals surface area (Å²) < 4.78 is 31.2. The molecule has 1 fully saturated rings. The van der Waals surface area contributed by atoms with Crippen LogP contribution < -0.4 is 5.73 Å². The zero-order chi connectivity index (χ0) is 11.3. The minimum Gasteiger partial charge on any atom is -0.321 e. The predicted molar refractivity (Wildman–Crippen MR) is 63.6 cm³/mol. The van der Waals surface area contributed by atoms with E-state index in [1.165, 1.54) is 18.2 Å². The lowest BCUT2D eigenvalue weighted by Gasteiger charge is -2.13. The highest BCUT2D eigenvalue weighted by molar-refractivity contribution is 7.85. The van der Waals surface area contributed by atoms with Gasteiger partial charge in [0.25, 0.3) is 10.1 Å². The van der Waals surface area contributed by atoms with Gasteiger partial charge in [-0.1, -0.05) is 11.6 Å². The summed E-state index contributed by atoms with van der Waals surface area (Å²) in [6, 6.07) is 4.19. The second-order valence-electron chi connectivity index (χ2n) is 3.77. The molecule has 0 unspecified atom stereocenters. The first-order valence-electron chi connectivity index (χ1n) is 4.39. The van der Waals surface area contributed by atoms with Crippen molar-refractivity contribution in [2.75, 3.05) is 0 Å². The molecule has 3 N–H and O–H groups in total. The summed E-state index contributed by atoms with van der Waals surface area (Å²) in [5, 5.41) is 0.411. The molecule has 1 saturated carbocycles. The van der Waals surface area contributed by atoms with Gasteiger partial charge in [0.15, 0.2) is 0 Å². The molecule has 0 bridgehead atoms. The van der Waals surface area contributed by atoms with Gasteiger partial charge in [-0.3, -0.25) is 4.55 Å². The molecule has 2 rings (SSSR count). The molecule has 90 valence electrons. The average molecular weight is 284 g/mol. The van der Waals surface area contributed by atoms with Crippen molar-refractivity contribution in [3.8, 4) is 0 Å². The quantitative estimate of drug-likeness (QED) is 0.813. The van der Waals surface area contributed by atoms with Gasteiger partial charge in [0.2, 0.25) is 0 Å². The Morgan fingerprint density at radius 2 is 1.94 bits per heavy atom. The lowest BCUT2D eigenvalue weighted by atomic mass is 10.1. The van der Waals surface area contributed by atoms with Crippen molar-refractivity contribution in [3.05, 3.63) is 28.8 Å². The third-order valence-electron chi connectivity index (χ3n) is 2.54. The molecular weight excluding hydrogens is 273 g/mol. The fourth-order valence-electron chi connectivity index (χ4n) is 1.52. The number of halogens is 2. The third-order valence-corrected chi connectivity index (χ3v) is 3.69. The molecule has 0 atom stereocenters. The summed E-state index contributed by atoms with van der Waals surface area (Å²) in [5.74, 6) is 0. The van der Waals surface area contributed by atoms with E-state index >= 15 is 0 Å². The predicted octanol–water partition coefficient (Wildman–Crippen LogP) is 1.96. The van der Waals surface area contributed by atoms with Crippen LogP contribution in [0.3, 0.4) is 0 Å². The molecular formula is C9H11Cl2NO3S. The fraction of sp³-hybridized carbons (Fsp3) is 0.333. The summed E-state index contributed by atoms with van der Waals surface area (Å²) in [6.45, 7) is 0. The Kier molecular flexibility index (Phi) is 3.57. The molecule has 0 heterocycles. The second kappa shape index (κ2) is 4.16. The van der Waals surface area contributed by atoms with Crippen LogP contribution in [0, 0.1) is 0 Å². The molecule has 7 heteroatoms. The molecule has 0 spiro atoms. The highest BCUT2D eigenvalue weighted by atomic mass is 35.5. The Morgan fingerprint density at radius 3 is 2.38 bits per heavy atom. The van der Waals surface area contributed by atoms with Crippen LogP contribution in [0.15, 0.2) is 23.1 Å². The summed E-state index contributed by atoms with van der Waals surface area (Å²) in [7, 11) is -4.23. The lowest BCUT2D eigenvalue weighted by Crippen LogP contribution is -2.22. The van der Waals surface area contributed by atoms with Gasteiger partial charge >= 0.3 is 0 Å². The van der Waals surface area contributed by atoms with Crippen molar-refractivity contribution in [2.24, 2.45) is 5.73 Å². The van der Waals surface area contributed by atoms with Crippen LogP contribution in [0.25, 0.3) is 0 Å². The normalized spacial score (nSPS) is 17.7. The van der Waals surface area contributed by atoms with Gasteiger partial charge in [0.05, 0.1) is 4.90 Å². The maximum atomic E-state index is 11.1. The molecule has 1 aromatic rings. The van der Waals surface area contributed by atoms with Crippen LogP contribution in [0.1, 0.15) is 18.4 Å². The molecule has 1 aliphatic carbocycles. The minimum absolute atomic E-state index is 0. The Bertz CT molecular complexity index is 511. The molecule has 0 radical (unpaired) electrons. The number of hydrogen-bond donors (Lipinski definition) is 2. The first kappa shape index (κ1) is 13.7. The Hall–Kier alpha value is -0.330. The van der Waals surface area contributed by atoms with Crippen LogP contribution in [0.4, 0.5) is 0 Å². The first-order valence-corrected chi connectivity index (χ1v) is 6.21. The van der Waals surface area contributed by atoms with Gasteiger partial charge in [-0.25, -0.2) is 0 Å². The number of rotatable bonds is 2. The zero-order valence-electron chi connectivity index (χ0n) is 8.18. The van der Waals surface area contributed by atoms with Crippen molar-refractivity contribution in [3.63, 3.8) is 0 Å². The standard InChI is InChI=1S/C9H10ClNO3S.ClH/c10-6-1-2-8(15(12,13)14)7(5-6)9(11)3-4-9;/h1-2,5H,3-4,11H2,(H,12,13,14);1H. The van der Waals surface area contributed by atoms with Gasteiger partial charge in [-0.2, -0.15) is 8.42 Å². The van der Waals surface area contributed by atoms with Crippen molar-refractivity contribution >= 4 is 34.1 Å². The van der Waals surface area contributed by atoms with Crippen LogP contribution >= 0.6 is 24.0 Å². The van der Waals surface area contributed by atoms with Crippen molar-refractivity contribution in [1.29, 1.82) is 0 Å². The largest absolute Gasteiger partial charge is 0.321 e. The van der Waals surface area contributed by atoms with Gasteiger partial charge in [-0.15, -0.1) is 12.4 Å². The molecule has 0 aliphatic heterocycles. The van der Waals surface area contributed by atoms with E-state index in [0.717, 1.165) is 0 Å². The first-order chi connectivity index (χ1) is 6.83. The summed E-state index contributed by atoms with van der Waals surface area (Å²) in [6.07, 6.45) is 1.41. The minimum atomic E-state index is -4.23. The van der Waals surface area contributed by atoms with E-state index in [1.54, 1.807) is 0 Å². The molecule has 1 aromatic carbocycles. The maximum Gasteiger partial charge on any atom is 0.294 e. The fourth-order valence-corrected chi connectivity index (χ4v) is 2.47. The highest BCUT2D eigenvalue weighted by Gasteiger charge is 2.43. The summed E-state index contributed by atoms with van der Waals surface area (Å²) >= 11 is 5.77. The van der Waals surface area contributed by atoms with E-state index in [4.69, 9.17) is 21.9 Å². The molecule has 0 aromatic heterocycles. The van der Waals surface area contributed by atoms with E-state index in [0.29, 0.717) is 23.4 Å². The molecule has 16 heavy (non-hydrogen) atoms. The molecule has 0 saturated heterocycles. The van der Waals surface area contributed by atoms with E-state index < -0.39 is 15.7 Å². The molecule has 1 aliphatic rings. The number of hydrogen-bond acceptors (Lipinski definition) is 3.